The molecule has 0 aromatic heterocycles. The highest BCUT2D eigenvalue weighted by Crippen LogP contribution is 2.21. The van der Waals surface area contributed by atoms with Crippen molar-refractivity contribution in [2.75, 3.05) is 11.5 Å². The fraction of sp³-hybridized carbons (Fsp3) is 0.182. The van der Waals surface area contributed by atoms with Crippen LogP contribution in [0, 0.1) is 0 Å². The Bertz CT molecular complexity index is 388. The summed E-state index contributed by atoms with van der Waals surface area (Å²) in [5.41, 5.74) is 6.69. The van der Waals surface area contributed by atoms with Crippen LogP contribution in [0.3, 0.4) is 0 Å². The summed E-state index contributed by atoms with van der Waals surface area (Å²) in [6.45, 7) is 1.54. The third-order valence-corrected chi connectivity index (χ3v) is 2.51. The van der Waals surface area contributed by atoms with E-state index >= 15 is 0 Å². The molecule has 0 heterocycles. The molecule has 1 aromatic rings. The van der Waals surface area contributed by atoms with Gasteiger partial charge in [0.2, 0.25) is 0 Å². The first-order valence-electron chi connectivity index (χ1n) is 4.48. The molecule has 3 N–H and O–H groups in total. The molecule has 0 spiro atoms. The van der Waals surface area contributed by atoms with Crippen molar-refractivity contribution in [1.82, 2.24) is 0 Å². The second-order valence-corrected chi connectivity index (χ2v) is 4.22. The summed E-state index contributed by atoms with van der Waals surface area (Å²) < 4.78 is 0. The Morgan fingerprint density at radius 3 is 2.93 bits per heavy atom. The Morgan fingerprint density at radius 1 is 1.60 bits per heavy atom. The maximum atomic E-state index is 10.6. The third-order valence-electron chi connectivity index (χ3n) is 1.75. The molecule has 0 aliphatic rings. The minimum Gasteiger partial charge on any atom is -0.506 e. The van der Waals surface area contributed by atoms with Crippen molar-refractivity contribution in [3.63, 3.8) is 0 Å². The second kappa shape index (κ2) is 5.46. The fourth-order valence-corrected chi connectivity index (χ4v) is 1.44. The van der Waals surface area contributed by atoms with Gasteiger partial charge >= 0.3 is 0 Å². The topological polar surface area (TPSA) is 63.3 Å². The van der Waals surface area contributed by atoms with Gasteiger partial charge in [-0.25, -0.2) is 0 Å². The summed E-state index contributed by atoms with van der Waals surface area (Å²) in [5, 5.41) is 9.42. The van der Waals surface area contributed by atoms with E-state index in [-0.39, 0.29) is 10.9 Å². The lowest BCUT2D eigenvalue weighted by Gasteiger charge is -1.99. The highest BCUT2D eigenvalue weighted by atomic mass is 32.2. The second-order valence-electron chi connectivity index (χ2n) is 3.02. The number of phenolic OH excluding ortho intramolecular Hbond substituents is 1. The number of aromatic hydroxyl groups is 1. The number of benzene rings is 1. The number of nitrogens with two attached hydrogens (primary N) is 1. The molecule has 4 heteroatoms. The number of phenols is 1. The molecule has 15 heavy (non-hydrogen) atoms. The van der Waals surface area contributed by atoms with Gasteiger partial charge < -0.3 is 10.8 Å². The predicted molar refractivity (Wildman–Crippen MR) is 64.7 cm³/mol. The van der Waals surface area contributed by atoms with Crippen LogP contribution in [0.15, 0.2) is 24.3 Å². The van der Waals surface area contributed by atoms with Crippen LogP contribution in [-0.2, 0) is 4.79 Å². The summed E-state index contributed by atoms with van der Waals surface area (Å²) >= 11 is 1.24. The molecule has 1 aromatic carbocycles. The lowest BCUT2D eigenvalue weighted by molar-refractivity contribution is -0.109. The van der Waals surface area contributed by atoms with Gasteiger partial charge in [-0.2, -0.15) is 0 Å². The van der Waals surface area contributed by atoms with E-state index in [4.69, 9.17) is 5.73 Å². The van der Waals surface area contributed by atoms with E-state index < -0.39 is 0 Å². The van der Waals surface area contributed by atoms with E-state index in [9.17, 15) is 9.90 Å². The molecule has 3 nitrogen and oxygen atoms in total. The van der Waals surface area contributed by atoms with Gasteiger partial charge in [-0.3, -0.25) is 4.79 Å². The molecule has 80 valence electrons. The molecule has 0 aliphatic carbocycles. The van der Waals surface area contributed by atoms with Crippen molar-refractivity contribution in [2.24, 2.45) is 0 Å². The molecule has 0 saturated carbocycles. The normalized spacial score (nSPS) is 10.7. The lowest BCUT2D eigenvalue weighted by Crippen LogP contribution is -1.85. The van der Waals surface area contributed by atoms with Gasteiger partial charge in [0.15, 0.2) is 5.12 Å². The zero-order valence-corrected chi connectivity index (χ0v) is 9.25. The zero-order chi connectivity index (χ0) is 11.3. The first kappa shape index (κ1) is 11.7. The van der Waals surface area contributed by atoms with Crippen LogP contribution in [0.1, 0.15) is 12.5 Å². The van der Waals surface area contributed by atoms with Crippen LogP contribution in [0.2, 0.25) is 0 Å². The fourth-order valence-electron chi connectivity index (χ4n) is 1.01. The van der Waals surface area contributed by atoms with E-state index in [1.165, 1.54) is 18.7 Å². The average molecular weight is 223 g/mol. The van der Waals surface area contributed by atoms with E-state index in [1.807, 2.05) is 18.2 Å². The first-order valence-corrected chi connectivity index (χ1v) is 5.46. The summed E-state index contributed by atoms with van der Waals surface area (Å²) in [6, 6.07) is 5.04. The largest absolute Gasteiger partial charge is 0.506 e. The monoisotopic (exact) mass is 223 g/mol. The predicted octanol–water partition coefficient (Wildman–Crippen LogP) is 2.27. The highest BCUT2D eigenvalue weighted by Gasteiger charge is 1.95. The molecule has 1 rings (SSSR count). The number of carbonyl (C=O) groups is 1. The maximum absolute atomic E-state index is 10.6. The Morgan fingerprint density at radius 2 is 2.33 bits per heavy atom. The third kappa shape index (κ3) is 4.08. The number of hydrogen-bond donors (Lipinski definition) is 2. The molecule has 0 saturated heterocycles. The van der Waals surface area contributed by atoms with Gasteiger partial charge in [0.05, 0.1) is 5.69 Å². The summed E-state index contributed by atoms with van der Waals surface area (Å²) in [5.74, 6) is 0.719. The molecule has 0 atom stereocenters. The van der Waals surface area contributed by atoms with E-state index in [0.29, 0.717) is 11.4 Å². The number of nitrogen functional groups attached to an aromatic ring is 1. The minimum absolute atomic E-state index is 0.0800. The lowest BCUT2D eigenvalue weighted by atomic mass is 10.2. The quantitative estimate of drug-likeness (QED) is 0.609. The summed E-state index contributed by atoms with van der Waals surface area (Å²) in [7, 11) is 0. The van der Waals surface area contributed by atoms with Gasteiger partial charge in [-0.05, 0) is 17.7 Å². The minimum atomic E-state index is 0.0800. The van der Waals surface area contributed by atoms with E-state index in [0.717, 1.165) is 5.56 Å². The Labute approximate surface area is 93.0 Å². The zero-order valence-electron chi connectivity index (χ0n) is 8.43. The van der Waals surface area contributed by atoms with Gasteiger partial charge in [-0.1, -0.05) is 30.0 Å². The SMILES string of the molecule is CC(=O)SCC=Cc1ccc(N)c(O)c1. The first-order chi connectivity index (χ1) is 7.09. The van der Waals surface area contributed by atoms with Crippen molar-refractivity contribution >= 4 is 28.6 Å². The number of thioether (sulfide) groups is 1. The Balaban J connectivity index is 2.57. The van der Waals surface area contributed by atoms with Crippen molar-refractivity contribution < 1.29 is 9.90 Å². The Kier molecular flexibility index (Phi) is 4.24. The van der Waals surface area contributed by atoms with Crippen LogP contribution < -0.4 is 5.73 Å². The van der Waals surface area contributed by atoms with Gasteiger partial charge in [0.25, 0.3) is 0 Å². The van der Waals surface area contributed by atoms with Crippen LogP contribution in [0.5, 0.6) is 5.75 Å². The maximum Gasteiger partial charge on any atom is 0.186 e. The molecular weight excluding hydrogens is 210 g/mol. The Hall–Kier alpha value is -1.42. The highest BCUT2D eigenvalue weighted by molar-refractivity contribution is 8.13. The molecule has 0 unspecified atom stereocenters. The van der Waals surface area contributed by atoms with E-state index in [2.05, 4.69) is 0 Å². The van der Waals surface area contributed by atoms with Gasteiger partial charge in [0, 0.05) is 12.7 Å². The van der Waals surface area contributed by atoms with E-state index in [1.54, 1.807) is 12.1 Å². The number of carbonyl (C=O) groups excluding carboxylic acids is 1. The van der Waals surface area contributed by atoms with Crippen molar-refractivity contribution in [3.05, 3.63) is 29.8 Å². The summed E-state index contributed by atoms with van der Waals surface area (Å²) in [4.78, 5) is 10.6. The van der Waals surface area contributed by atoms with Crippen molar-refractivity contribution in [1.29, 1.82) is 0 Å². The number of hydrogen-bond acceptors (Lipinski definition) is 4. The molecule has 0 bridgehead atoms. The van der Waals surface area contributed by atoms with Crippen molar-refractivity contribution in [3.8, 4) is 5.75 Å². The molecule has 0 fully saturated rings. The van der Waals surface area contributed by atoms with Crippen LogP contribution in [-0.4, -0.2) is 16.0 Å². The standard InChI is InChI=1S/C11H13NO2S/c1-8(13)15-6-2-3-9-4-5-10(12)11(14)7-9/h2-5,7,14H,6,12H2,1H3. The number of rotatable bonds is 3. The summed E-state index contributed by atoms with van der Waals surface area (Å²) in [6.07, 6.45) is 3.71. The molecular formula is C11H13NO2S. The van der Waals surface area contributed by atoms with Crippen LogP contribution >= 0.6 is 11.8 Å². The van der Waals surface area contributed by atoms with Gasteiger partial charge in [0.1, 0.15) is 5.75 Å². The van der Waals surface area contributed by atoms with Crippen LogP contribution in [0.25, 0.3) is 6.08 Å². The molecule has 0 aliphatic heterocycles. The average Bonchev–Trinajstić information content (AvgIpc) is 2.18. The van der Waals surface area contributed by atoms with Crippen molar-refractivity contribution in [2.45, 2.75) is 6.92 Å². The smallest absolute Gasteiger partial charge is 0.186 e. The van der Waals surface area contributed by atoms with Gasteiger partial charge in [-0.15, -0.1) is 0 Å². The molecule has 0 amide bonds. The molecule has 0 radical (unpaired) electrons. The van der Waals surface area contributed by atoms with Crippen LogP contribution in [0.4, 0.5) is 5.69 Å². The number of anilines is 1.